The van der Waals surface area contributed by atoms with Crippen LogP contribution in [0.4, 0.5) is 11.4 Å². The van der Waals surface area contributed by atoms with Gasteiger partial charge in [-0.05, 0) is 30.5 Å². The zero-order valence-corrected chi connectivity index (χ0v) is 29.9. The van der Waals surface area contributed by atoms with Gasteiger partial charge in [0.1, 0.15) is 6.17 Å². The first-order valence-corrected chi connectivity index (χ1v) is 17.5. The van der Waals surface area contributed by atoms with Gasteiger partial charge in [0.05, 0.1) is 11.4 Å². The van der Waals surface area contributed by atoms with Crippen LogP contribution in [0.1, 0.15) is 134 Å². The first-order valence-electron chi connectivity index (χ1n) is 16.2. The van der Waals surface area contributed by atoms with Crippen molar-refractivity contribution in [2.75, 3.05) is 9.21 Å². The summed E-state index contributed by atoms with van der Waals surface area (Å²) in [4.78, 5) is 2.09. The van der Waals surface area contributed by atoms with Gasteiger partial charge < -0.3 is 9.45 Å². The molecule has 1 heterocycles. The molecule has 0 spiro atoms. The Morgan fingerprint density at radius 1 is 0.610 bits per heavy atom. The van der Waals surface area contributed by atoms with Crippen LogP contribution >= 0.6 is 0 Å². The molecule has 0 N–H and O–H groups in total. The van der Waals surface area contributed by atoms with Gasteiger partial charge in [0.25, 0.3) is 0 Å². The third-order valence-electron chi connectivity index (χ3n) is 8.31. The zero-order valence-electron chi connectivity index (χ0n) is 25.9. The van der Waals surface area contributed by atoms with E-state index < -0.39 is 16.5 Å². The standard InChI is InChI=1S/C34H54N2O3S.K/c1-2-3-4-5-6-7-8-9-10-11-12-13-14-15-16-17-18-22-29-34-35(30-31-25-20-19-21-26-31)32-27-23-24-28-33(32)36(34)40(37,38)39;/h19-21,23-28,34H,2-18,22,29-30H2,1H3,(H,37,38,39);/q;+1/p-1. The van der Waals surface area contributed by atoms with Gasteiger partial charge in [0.15, 0.2) is 10.3 Å². The van der Waals surface area contributed by atoms with Crippen LogP contribution in [0.3, 0.4) is 0 Å². The van der Waals surface area contributed by atoms with Crippen LogP contribution in [0.15, 0.2) is 54.6 Å². The summed E-state index contributed by atoms with van der Waals surface area (Å²) < 4.78 is 38.1. The minimum absolute atomic E-state index is 0. The molecule has 0 aliphatic carbocycles. The molecule has 0 saturated carbocycles. The fourth-order valence-electron chi connectivity index (χ4n) is 6.08. The van der Waals surface area contributed by atoms with Crippen LogP contribution in [0, 0.1) is 0 Å². The summed E-state index contributed by atoms with van der Waals surface area (Å²) in [6, 6.07) is 17.4. The van der Waals surface area contributed by atoms with Gasteiger partial charge in [-0.2, -0.15) is 0 Å². The van der Waals surface area contributed by atoms with Crippen molar-refractivity contribution >= 4 is 21.7 Å². The maximum atomic E-state index is 12.3. The molecule has 5 nitrogen and oxygen atoms in total. The van der Waals surface area contributed by atoms with E-state index in [1.54, 1.807) is 12.1 Å². The smallest absolute Gasteiger partial charge is 0.731 e. The fraction of sp³-hybridized carbons (Fsp3) is 0.647. The number of unbranched alkanes of at least 4 members (excludes halogenated alkanes) is 17. The molecule has 1 atom stereocenters. The van der Waals surface area contributed by atoms with E-state index in [1.807, 2.05) is 42.5 Å². The molecule has 1 unspecified atom stereocenters. The second-order valence-electron chi connectivity index (χ2n) is 11.6. The molecular formula is C34H53KN2O3S. The van der Waals surface area contributed by atoms with E-state index in [4.69, 9.17) is 0 Å². The monoisotopic (exact) mass is 608 g/mol. The van der Waals surface area contributed by atoms with E-state index in [0.29, 0.717) is 18.7 Å². The number of hydrogen-bond donors (Lipinski definition) is 0. The fourth-order valence-corrected chi connectivity index (χ4v) is 7.00. The second kappa shape index (κ2) is 21.3. The maximum absolute atomic E-state index is 12.3. The van der Waals surface area contributed by atoms with Gasteiger partial charge in [-0.3, -0.25) is 4.31 Å². The van der Waals surface area contributed by atoms with E-state index in [-0.39, 0.29) is 51.4 Å². The molecule has 224 valence electrons. The molecule has 1 aliphatic rings. The first kappa shape index (κ1) is 36.8. The van der Waals surface area contributed by atoms with Crippen LogP contribution < -0.4 is 60.6 Å². The number of anilines is 2. The van der Waals surface area contributed by atoms with Gasteiger partial charge in [0, 0.05) is 6.54 Å². The van der Waals surface area contributed by atoms with Crippen LogP contribution in [0.5, 0.6) is 0 Å². The van der Waals surface area contributed by atoms with Gasteiger partial charge >= 0.3 is 51.4 Å². The summed E-state index contributed by atoms with van der Waals surface area (Å²) in [5.74, 6) is 0. The molecule has 2 aromatic carbocycles. The van der Waals surface area contributed by atoms with Gasteiger partial charge in [-0.1, -0.05) is 159 Å². The summed E-state index contributed by atoms with van der Waals surface area (Å²) in [7, 11) is -4.62. The van der Waals surface area contributed by atoms with Crippen molar-refractivity contribution in [3.05, 3.63) is 60.2 Å². The largest absolute Gasteiger partial charge is 1.00 e. The van der Waals surface area contributed by atoms with Crippen LogP contribution in [0.2, 0.25) is 0 Å². The Bertz CT molecular complexity index is 1050. The third kappa shape index (κ3) is 13.4. The average molecular weight is 609 g/mol. The zero-order chi connectivity index (χ0) is 28.5. The molecule has 0 amide bonds. The summed E-state index contributed by atoms with van der Waals surface area (Å²) >= 11 is 0. The van der Waals surface area contributed by atoms with Crippen molar-refractivity contribution in [1.82, 2.24) is 0 Å². The molecule has 0 fully saturated rings. The summed E-state index contributed by atoms with van der Waals surface area (Å²) in [6.45, 7) is 2.86. The molecule has 0 aromatic heterocycles. The normalized spacial score (nSPS) is 14.7. The molecule has 3 rings (SSSR count). The SMILES string of the molecule is CCCCCCCCCCCCCCCCCCCCC1N(Cc2ccccc2)c2ccccc2N1S(=O)(=O)[O-].[K+]. The number of benzene rings is 2. The Labute approximate surface area is 294 Å². The number of hydrogen-bond acceptors (Lipinski definition) is 4. The third-order valence-corrected chi connectivity index (χ3v) is 9.23. The molecule has 0 saturated heterocycles. The molecule has 0 bridgehead atoms. The maximum Gasteiger partial charge on any atom is 1.00 e. The van der Waals surface area contributed by atoms with E-state index in [0.717, 1.165) is 28.4 Å². The van der Waals surface area contributed by atoms with Crippen molar-refractivity contribution < 1.29 is 64.4 Å². The Hall–Kier alpha value is -0.414. The van der Waals surface area contributed by atoms with Gasteiger partial charge in [0.2, 0.25) is 0 Å². The Kier molecular flexibility index (Phi) is 19.1. The minimum Gasteiger partial charge on any atom is -0.731 e. The van der Waals surface area contributed by atoms with Crippen molar-refractivity contribution in [1.29, 1.82) is 0 Å². The predicted octanol–water partition coefficient (Wildman–Crippen LogP) is 6.74. The molecule has 2 aromatic rings. The topological polar surface area (TPSA) is 63.7 Å². The van der Waals surface area contributed by atoms with Gasteiger partial charge in [-0.25, -0.2) is 8.42 Å². The Morgan fingerprint density at radius 3 is 1.49 bits per heavy atom. The quantitative estimate of drug-likeness (QED) is 0.0844. The van der Waals surface area contributed by atoms with E-state index >= 15 is 0 Å². The average Bonchev–Trinajstić information content (AvgIpc) is 3.26. The number of fused-ring (bicyclic) bond motifs is 1. The van der Waals surface area contributed by atoms with Crippen molar-refractivity contribution in [3.63, 3.8) is 0 Å². The summed E-state index contributed by atoms with van der Waals surface area (Å²) in [5.41, 5.74) is 2.42. The Morgan fingerprint density at radius 2 is 1.02 bits per heavy atom. The second-order valence-corrected chi connectivity index (χ2v) is 12.9. The Balaban J connectivity index is 0.00000588. The molecule has 41 heavy (non-hydrogen) atoms. The number of rotatable bonds is 22. The minimum atomic E-state index is -4.62. The van der Waals surface area contributed by atoms with Crippen LogP contribution in [-0.2, 0) is 16.8 Å². The van der Waals surface area contributed by atoms with Crippen LogP contribution in [-0.4, -0.2) is 19.1 Å². The molecule has 0 radical (unpaired) electrons. The van der Waals surface area contributed by atoms with Crippen molar-refractivity contribution in [3.8, 4) is 0 Å². The first-order chi connectivity index (χ1) is 19.5. The van der Waals surface area contributed by atoms with E-state index in [9.17, 15) is 13.0 Å². The summed E-state index contributed by atoms with van der Waals surface area (Å²) in [5, 5.41) is 0. The summed E-state index contributed by atoms with van der Waals surface area (Å²) in [6.07, 6.45) is 23.9. The molecule has 1 aliphatic heterocycles. The van der Waals surface area contributed by atoms with Gasteiger partial charge in [-0.15, -0.1) is 0 Å². The number of para-hydroxylation sites is 2. The number of nitrogens with zero attached hydrogens (tertiary/aromatic N) is 2. The van der Waals surface area contributed by atoms with Crippen LogP contribution in [0.25, 0.3) is 0 Å². The van der Waals surface area contributed by atoms with Crippen molar-refractivity contribution in [2.45, 2.75) is 142 Å². The molecular weight excluding hydrogens is 556 g/mol. The van der Waals surface area contributed by atoms with E-state index in [1.165, 1.54) is 103 Å². The van der Waals surface area contributed by atoms with Crippen molar-refractivity contribution in [2.24, 2.45) is 0 Å². The predicted molar refractivity (Wildman–Crippen MR) is 168 cm³/mol. The van der Waals surface area contributed by atoms with E-state index in [2.05, 4.69) is 11.8 Å². The molecule has 7 heteroatoms.